The molecule has 0 atom stereocenters. The number of benzene rings is 2. The second kappa shape index (κ2) is 8.65. The highest BCUT2D eigenvalue weighted by Crippen LogP contribution is 2.28. The van der Waals surface area contributed by atoms with E-state index in [0.717, 1.165) is 39.9 Å². The van der Waals surface area contributed by atoms with Crippen LogP contribution in [-0.4, -0.2) is 42.1 Å². The van der Waals surface area contributed by atoms with Crippen LogP contribution in [0.4, 0.5) is 21.7 Å². The summed E-state index contributed by atoms with van der Waals surface area (Å²) in [7, 11) is 0. The molecule has 0 aliphatic heterocycles. The second-order valence-electron chi connectivity index (χ2n) is 7.75. The van der Waals surface area contributed by atoms with Gasteiger partial charge in [-0.25, -0.2) is 14.4 Å². The summed E-state index contributed by atoms with van der Waals surface area (Å²) in [4.78, 5) is 11.8. The Balaban J connectivity index is 1.28. The number of fused-ring (bicyclic) bond motifs is 1. The lowest BCUT2D eigenvalue weighted by Crippen LogP contribution is -2.08. The van der Waals surface area contributed by atoms with E-state index in [0.29, 0.717) is 29.5 Å². The lowest BCUT2D eigenvalue weighted by Gasteiger charge is -2.10. The second-order valence-corrected chi connectivity index (χ2v) is 7.75. The minimum atomic E-state index is -0.229. The highest BCUT2D eigenvalue weighted by Gasteiger charge is 2.14. The Kier molecular flexibility index (Phi) is 5.39. The highest BCUT2D eigenvalue weighted by atomic mass is 19.1. The van der Waals surface area contributed by atoms with Crippen molar-refractivity contribution in [3.63, 3.8) is 0 Å². The zero-order valence-corrected chi connectivity index (χ0v) is 18.1. The van der Waals surface area contributed by atoms with Crippen LogP contribution in [0.1, 0.15) is 16.8 Å². The fraction of sp³-hybridized carbons (Fsp3) is 0.174. The van der Waals surface area contributed by atoms with Crippen molar-refractivity contribution < 1.29 is 4.39 Å². The zero-order chi connectivity index (χ0) is 22.8. The summed E-state index contributed by atoms with van der Waals surface area (Å²) in [5.74, 6) is 1.64. The largest absolute Gasteiger partial charge is 0.370 e. The summed E-state index contributed by atoms with van der Waals surface area (Å²) >= 11 is 0. The number of aromatic nitrogens is 7. The molecule has 5 rings (SSSR count). The molecule has 0 unspecified atom stereocenters. The minimum Gasteiger partial charge on any atom is -0.370 e. The number of hydrogen-bond acceptors (Lipinski definition) is 7. The predicted molar refractivity (Wildman–Crippen MR) is 125 cm³/mol. The molecule has 0 spiro atoms. The van der Waals surface area contributed by atoms with E-state index in [2.05, 4.69) is 46.2 Å². The van der Waals surface area contributed by atoms with Gasteiger partial charge < -0.3 is 15.6 Å². The molecule has 0 radical (unpaired) electrons. The topological polar surface area (TPSA) is 120 Å². The van der Waals surface area contributed by atoms with E-state index >= 15 is 0 Å². The van der Waals surface area contributed by atoms with Crippen LogP contribution in [0.5, 0.6) is 0 Å². The van der Waals surface area contributed by atoms with Crippen molar-refractivity contribution in [3.05, 3.63) is 71.4 Å². The number of hydrogen-bond donors (Lipinski definition) is 4. The molecule has 9 nitrogen and oxygen atoms in total. The number of tetrazole rings is 1. The maximum absolute atomic E-state index is 14.2. The van der Waals surface area contributed by atoms with Gasteiger partial charge in [0.15, 0.2) is 0 Å². The van der Waals surface area contributed by atoms with Crippen molar-refractivity contribution in [3.8, 4) is 11.4 Å². The summed E-state index contributed by atoms with van der Waals surface area (Å²) in [5.41, 5.74) is 5.39. The van der Waals surface area contributed by atoms with Crippen molar-refractivity contribution in [1.29, 1.82) is 0 Å². The van der Waals surface area contributed by atoms with Gasteiger partial charge in [0.1, 0.15) is 23.8 Å². The molecule has 2 aromatic carbocycles. The van der Waals surface area contributed by atoms with Gasteiger partial charge in [0.05, 0.1) is 5.52 Å². The normalized spacial score (nSPS) is 11.1. The third-order valence-corrected chi connectivity index (χ3v) is 5.52. The number of nitrogens with zero attached hydrogens (tertiary/aromatic N) is 5. The third kappa shape index (κ3) is 4.22. The van der Waals surface area contributed by atoms with Crippen LogP contribution in [-0.2, 0) is 6.42 Å². The molecule has 166 valence electrons. The monoisotopic (exact) mass is 443 g/mol. The standard InChI is InChI=1S/C23H22FN9/c1-13-6-7-18(24)22-21(13)17(14(2)28-22)8-9-25-19-11-20(27-12-26-19)29-16-5-3-4-15(10-16)23-30-32-33-31-23/h3-7,10-12,28H,8-9H2,1-2H3,(H2,25,26,27,29)(H,30,31,32,33). The van der Waals surface area contributed by atoms with E-state index in [1.165, 1.54) is 12.4 Å². The molecule has 3 aromatic heterocycles. The Bertz CT molecular complexity index is 1410. The Morgan fingerprint density at radius 1 is 1.03 bits per heavy atom. The van der Waals surface area contributed by atoms with Gasteiger partial charge in [0.25, 0.3) is 0 Å². The summed E-state index contributed by atoms with van der Waals surface area (Å²) in [5, 5.41) is 21.6. The Hall–Kier alpha value is -4.34. The van der Waals surface area contributed by atoms with Crippen LogP contribution < -0.4 is 10.6 Å². The van der Waals surface area contributed by atoms with Crippen LogP contribution in [0.25, 0.3) is 22.3 Å². The number of aromatic amines is 2. The molecule has 5 aromatic rings. The lowest BCUT2D eigenvalue weighted by molar-refractivity contribution is 0.637. The number of anilines is 3. The minimum absolute atomic E-state index is 0.229. The molecule has 4 N–H and O–H groups in total. The van der Waals surface area contributed by atoms with Crippen LogP contribution in [0.3, 0.4) is 0 Å². The molecule has 0 fully saturated rings. The molecule has 0 aliphatic carbocycles. The van der Waals surface area contributed by atoms with Gasteiger partial charge in [-0.1, -0.05) is 18.2 Å². The van der Waals surface area contributed by atoms with Crippen molar-refractivity contribution >= 4 is 28.2 Å². The van der Waals surface area contributed by atoms with Gasteiger partial charge in [0.2, 0.25) is 5.82 Å². The summed E-state index contributed by atoms with van der Waals surface area (Å²) in [6.45, 7) is 4.62. The smallest absolute Gasteiger partial charge is 0.204 e. The van der Waals surface area contributed by atoms with Gasteiger partial charge in [0, 0.05) is 34.9 Å². The Morgan fingerprint density at radius 3 is 2.76 bits per heavy atom. The maximum Gasteiger partial charge on any atom is 0.204 e. The summed E-state index contributed by atoms with van der Waals surface area (Å²) in [6, 6.07) is 12.8. The van der Waals surface area contributed by atoms with Crippen LogP contribution in [0.2, 0.25) is 0 Å². The molecule has 0 bridgehead atoms. The number of rotatable bonds is 7. The first-order valence-corrected chi connectivity index (χ1v) is 10.5. The number of halogens is 1. The molecule has 33 heavy (non-hydrogen) atoms. The maximum atomic E-state index is 14.2. The number of H-pyrrole nitrogens is 2. The van der Waals surface area contributed by atoms with Crippen molar-refractivity contribution in [2.75, 3.05) is 17.2 Å². The fourth-order valence-corrected chi connectivity index (χ4v) is 3.96. The number of nitrogens with one attached hydrogen (secondary N) is 4. The third-order valence-electron chi connectivity index (χ3n) is 5.52. The predicted octanol–water partition coefficient (Wildman–Crippen LogP) is 4.29. The average Bonchev–Trinajstić information content (AvgIpc) is 3.46. The highest BCUT2D eigenvalue weighted by molar-refractivity contribution is 5.88. The first-order valence-electron chi connectivity index (χ1n) is 10.5. The first kappa shape index (κ1) is 20.6. The molecular formula is C23H22FN9. The molecule has 0 saturated heterocycles. The Morgan fingerprint density at radius 2 is 1.91 bits per heavy atom. The van der Waals surface area contributed by atoms with E-state index in [1.54, 1.807) is 0 Å². The molecule has 0 saturated carbocycles. The van der Waals surface area contributed by atoms with E-state index < -0.39 is 0 Å². The SMILES string of the molecule is Cc1[nH]c2c(F)ccc(C)c2c1CCNc1cc(Nc2cccc(-c3nn[nH]n3)c2)ncn1. The van der Waals surface area contributed by atoms with Gasteiger partial charge in [-0.3, -0.25) is 0 Å². The van der Waals surface area contributed by atoms with Crippen LogP contribution in [0.15, 0.2) is 48.8 Å². The van der Waals surface area contributed by atoms with Gasteiger partial charge >= 0.3 is 0 Å². The summed E-state index contributed by atoms with van der Waals surface area (Å²) in [6.07, 6.45) is 2.24. The van der Waals surface area contributed by atoms with Crippen molar-refractivity contribution in [2.24, 2.45) is 0 Å². The van der Waals surface area contributed by atoms with Crippen LogP contribution in [0, 0.1) is 19.7 Å². The van der Waals surface area contributed by atoms with E-state index in [9.17, 15) is 4.39 Å². The molecule has 10 heteroatoms. The van der Waals surface area contributed by atoms with E-state index in [1.807, 2.05) is 50.2 Å². The fourth-order valence-electron chi connectivity index (χ4n) is 3.96. The quantitative estimate of drug-likeness (QED) is 0.296. The van der Waals surface area contributed by atoms with E-state index in [4.69, 9.17) is 0 Å². The van der Waals surface area contributed by atoms with Gasteiger partial charge in [-0.05, 0) is 54.8 Å². The molecule has 0 aliphatic rings. The van der Waals surface area contributed by atoms with Crippen LogP contribution >= 0.6 is 0 Å². The average molecular weight is 443 g/mol. The van der Waals surface area contributed by atoms with Crippen molar-refractivity contribution in [2.45, 2.75) is 20.3 Å². The molecule has 0 amide bonds. The van der Waals surface area contributed by atoms with Gasteiger partial charge in [-0.2, -0.15) is 5.21 Å². The van der Waals surface area contributed by atoms with Crippen molar-refractivity contribution in [1.82, 2.24) is 35.6 Å². The zero-order valence-electron chi connectivity index (χ0n) is 18.1. The first-order chi connectivity index (χ1) is 16.1. The summed E-state index contributed by atoms with van der Waals surface area (Å²) < 4.78 is 14.2. The van der Waals surface area contributed by atoms with E-state index in [-0.39, 0.29) is 5.82 Å². The Labute approximate surface area is 188 Å². The number of aryl methyl sites for hydroxylation is 2. The molecular weight excluding hydrogens is 421 g/mol. The lowest BCUT2D eigenvalue weighted by atomic mass is 10.0. The molecule has 3 heterocycles. The van der Waals surface area contributed by atoms with Gasteiger partial charge in [-0.15, -0.1) is 10.2 Å².